The number of ether oxygens (including phenoxy) is 2. The minimum absolute atomic E-state index is 0.343. The second-order valence-electron chi connectivity index (χ2n) is 7.96. The van der Waals surface area contributed by atoms with Gasteiger partial charge in [-0.3, -0.25) is 0 Å². The Labute approximate surface area is 176 Å². The van der Waals surface area contributed by atoms with E-state index in [9.17, 15) is 4.79 Å². The van der Waals surface area contributed by atoms with E-state index < -0.39 is 11.6 Å². The molecule has 0 unspecified atom stereocenters. The third-order valence-corrected chi connectivity index (χ3v) is 4.85. The summed E-state index contributed by atoms with van der Waals surface area (Å²) in [6.07, 6.45) is 1.40. The van der Waals surface area contributed by atoms with E-state index in [0.717, 1.165) is 35.1 Å². The summed E-state index contributed by atoms with van der Waals surface area (Å²) in [5.41, 5.74) is 7.98. The summed E-state index contributed by atoms with van der Waals surface area (Å²) >= 11 is 0. The van der Waals surface area contributed by atoms with Crippen LogP contribution in [0.25, 0.3) is 21.9 Å². The maximum Gasteiger partial charge on any atom is 0.407 e. The molecule has 0 radical (unpaired) electrons. The molecule has 162 valence electrons. The van der Waals surface area contributed by atoms with Crippen LogP contribution in [0.15, 0.2) is 24.3 Å². The van der Waals surface area contributed by atoms with E-state index >= 15 is 0 Å². The molecule has 0 atom stereocenters. The number of carbonyl (C=O) groups is 1. The maximum atomic E-state index is 12.2. The van der Waals surface area contributed by atoms with Crippen molar-refractivity contribution in [3.63, 3.8) is 0 Å². The van der Waals surface area contributed by atoms with Gasteiger partial charge in [0.1, 0.15) is 17.9 Å². The van der Waals surface area contributed by atoms with E-state index in [-0.39, 0.29) is 0 Å². The maximum absolute atomic E-state index is 12.2. The predicted molar refractivity (Wildman–Crippen MR) is 118 cm³/mol. The number of nitrogens with zero attached hydrogens (tertiary/aromatic N) is 3. The number of hydrogen-bond donors (Lipinski definition) is 2. The van der Waals surface area contributed by atoms with Gasteiger partial charge < -0.3 is 25.1 Å². The van der Waals surface area contributed by atoms with Crippen LogP contribution < -0.4 is 11.1 Å². The van der Waals surface area contributed by atoms with Gasteiger partial charge in [-0.15, -0.1) is 0 Å². The molecule has 0 aliphatic carbocycles. The smallest absolute Gasteiger partial charge is 0.407 e. The van der Waals surface area contributed by atoms with Crippen molar-refractivity contribution in [3.8, 4) is 0 Å². The van der Waals surface area contributed by atoms with Gasteiger partial charge in [-0.2, -0.15) is 0 Å². The zero-order chi connectivity index (χ0) is 21.7. The molecule has 0 spiro atoms. The molecule has 3 rings (SSSR count). The van der Waals surface area contributed by atoms with Crippen molar-refractivity contribution in [2.24, 2.45) is 0 Å². The Balaban J connectivity index is 2.01. The van der Waals surface area contributed by atoms with Crippen LogP contribution in [0.1, 0.15) is 46.4 Å². The lowest BCUT2D eigenvalue weighted by molar-refractivity contribution is 0.122. The van der Waals surface area contributed by atoms with Crippen LogP contribution in [0.2, 0.25) is 0 Å². The van der Waals surface area contributed by atoms with Crippen LogP contribution in [-0.4, -0.2) is 39.4 Å². The molecule has 30 heavy (non-hydrogen) atoms. The number of hydrogen-bond acceptors (Lipinski definition) is 6. The first-order chi connectivity index (χ1) is 14.4. The number of imidazole rings is 1. The largest absolute Gasteiger partial charge is 0.450 e. The zero-order valence-electron chi connectivity index (χ0n) is 18.2. The minimum Gasteiger partial charge on any atom is -0.450 e. The number of unbranched alkanes of at least 4 members (excludes halogenated alkanes) is 1. The van der Waals surface area contributed by atoms with Gasteiger partial charge in [0.25, 0.3) is 0 Å². The molecule has 3 N–H and O–H groups in total. The Morgan fingerprint density at radius 1 is 1.23 bits per heavy atom. The molecule has 0 aliphatic rings. The fraction of sp³-hybridized carbons (Fsp3) is 0.500. The summed E-state index contributed by atoms with van der Waals surface area (Å²) in [5, 5.41) is 3.92. The van der Waals surface area contributed by atoms with Crippen LogP contribution >= 0.6 is 0 Å². The van der Waals surface area contributed by atoms with Gasteiger partial charge in [0.05, 0.1) is 23.2 Å². The van der Waals surface area contributed by atoms with Gasteiger partial charge in [-0.1, -0.05) is 31.5 Å². The first-order valence-electron chi connectivity index (χ1n) is 10.4. The first kappa shape index (κ1) is 21.8. The van der Waals surface area contributed by atoms with Crippen molar-refractivity contribution in [2.45, 2.75) is 59.2 Å². The number of para-hydroxylation sites is 1. The highest BCUT2D eigenvalue weighted by Crippen LogP contribution is 2.30. The van der Waals surface area contributed by atoms with Crippen LogP contribution in [0.5, 0.6) is 0 Å². The monoisotopic (exact) mass is 413 g/mol. The van der Waals surface area contributed by atoms with Crippen LogP contribution in [0.3, 0.4) is 0 Å². The van der Waals surface area contributed by atoms with Gasteiger partial charge in [0.2, 0.25) is 0 Å². The normalized spacial score (nSPS) is 11.9. The number of alkyl carbamates (subject to hydrolysis) is 1. The number of anilines is 1. The van der Waals surface area contributed by atoms with Gasteiger partial charge in [0.15, 0.2) is 5.82 Å². The third kappa shape index (κ3) is 4.81. The number of aromatic nitrogens is 3. The Kier molecular flexibility index (Phi) is 6.77. The van der Waals surface area contributed by atoms with Gasteiger partial charge in [-0.25, -0.2) is 14.8 Å². The molecule has 0 fully saturated rings. The quantitative estimate of drug-likeness (QED) is 0.514. The molecule has 0 saturated carbocycles. The van der Waals surface area contributed by atoms with E-state index in [1.165, 1.54) is 0 Å². The highest BCUT2D eigenvalue weighted by Gasteiger charge is 2.26. The third-order valence-electron chi connectivity index (χ3n) is 4.85. The van der Waals surface area contributed by atoms with Crippen molar-refractivity contribution in [1.29, 1.82) is 0 Å². The van der Waals surface area contributed by atoms with E-state index in [1.807, 2.05) is 45.0 Å². The zero-order valence-corrected chi connectivity index (χ0v) is 18.2. The predicted octanol–water partition coefficient (Wildman–Crippen LogP) is 4.01. The van der Waals surface area contributed by atoms with Crippen molar-refractivity contribution in [2.75, 3.05) is 18.9 Å². The highest BCUT2D eigenvalue weighted by atomic mass is 16.5. The second-order valence-corrected chi connectivity index (χ2v) is 7.96. The molecule has 2 heterocycles. The van der Waals surface area contributed by atoms with Crippen LogP contribution in [-0.2, 0) is 22.6 Å². The number of pyridine rings is 1. The van der Waals surface area contributed by atoms with Gasteiger partial charge in [-0.05, 0) is 33.3 Å². The SMILES string of the molecule is CCCCOC(=O)NC(C)(C)Cn1c(COCC)nc2c(N)nc3ccccc3c21. The Hall–Kier alpha value is -2.87. The number of benzene rings is 1. The summed E-state index contributed by atoms with van der Waals surface area (Å²) in [7, 11) is 0. The summed E-state index contributed by atoms with van der Waals surface area (Å²) < 4.78 is 13.0. The standard InChI is InChI=1S/C22H31N5O3/c1-5-7-12-30-21(28)26-22(3,4)14-27-17(13-29-6-2)25-18-19(27)15-10-8-9-11-16(15)24-20(18)23/h8-11H,5-7,12-14H2,1-4H3,(H2,23,24)(H,26,28). The fourth-order valence-corrected chi connectivity index (χ4v) is 3.44. The van der Waals surface area contributed by atoms with Crippen LogP contribution in [0.4, 0.5) is 10.6 Å². The van der Waals surface area contributed by atoms with E-state index in [2.05, 4.69) is 21.8 Å². The average Bonchev–Trinajstić information content (AvgIpc) is 3.04. The molecule has 8 nitrogen and oxygen atoms in total. The Bertz CT molecular complexity index is 1030. The molecule has 1 amide bonds. The van der Waals surface area contributed by atoms with Crippen molar-refractivity contribution in [3.05, 3.63) is 30.1 Å². The lowest BCUT2D eigenvalue weighted by Crippen LogP contribution is -2.47. The second kappa shape index (κ2) is 9.30. The number of rotatable bonds is 9. The van der Waals surface area contributed by atoms with E-state index in [4.69, 9.17) is 20.2 Å². The lowest BCUT2D eigenvalue weighted by Gasteiger charge is -2.27. The number of fused-ring (bicyclic) bond motifs is 3. The summed E-state index contributed by atoms with van der Waals surface area (Å²) in [6.45, 7) is 9.71. The average molecular weight is 414 g/mol. The Morgan fingerprint density at radius 2 is 2.00 bits per heavy atom. The fourth-order valence-electron chi connectivity index (χ4n) is 3.44. The van der Waals surface area contributed by atoms with Gasteiger partial charge >= 0.3 is 6.09 Å². The molecule has 1 aromatic carbocycles. The van der Waals surface area contributed by atoms with Gasteiger partial charge in [0, 0.05) is 18.5 Å². The molecule has 3 aromatic rings. The molecule has 0 bridgehead atoms. The molecule has 2 aromatic heterocycles. The number of nitrogen functional groups attached to an aromatic ring is 1. The Morgan fingerprint density at radius 3 is 2.73 bits per heavy atom. The van der Waals surface area contributed by atoms with E-state index in [1.54, 1.807) is 0 Å². The molecule has 8 heteroatoms. The number of nitrogens with two attached hydrogens (primary N) is 1. The van der Waals surface area contributed by atoms with Crippen molar-refractivity contribution in [1.82, 2.24) is 19.9 Å². The minimum atomic E-state index is -0.586. The topological polar surface area (TPSA) is 104 Å². The van der Waals surface area contributed by atoms with Crippen LogP contribution in [0, 0.1) is 0 Å². The first-order valence-corrected chi connectivity index (χ1v) is 10.4. The molecule has 0 aliphatic heterocycles. The highest BCUT2D eigenvalue weighted by molar-refractivity contribution is 6.06. The number of carbonyl (C=O) groups excluding carboxylic acids is 1. The van der Waals surface area contributed by atoms with Crippen molar-refractivity contribution >= 4 is 33.8 Å². The molecular weight excluding hydrogens is 382 g/mol. The summed E-state index contributed by atoms with van der Waals surface area (Å²) in [4.78, 5) is 21.5. The number of nitrogens with one attached hydrogen (secondary N) is 1. The molecule has 0 saturated heterocycles. The van der Waals surface area contributed by atoms with Crippen molar-refractivity contribution < 1.29 is 14.3 Å². The molecular formula is C22H31N5O3. The summed E-state index contributed by atoms with van der Waals surface area (Å²) in [6, 6.07) is 7.83. The number of amides is 1. The van der Waals surface area contributed by atoms with E-state index in [0.29, 0.717) is 37.7 Å². The lowest BCUT2D eigenvalue weighted by atomic mass is 10.1. The summed E-state index contributed by atoms with van der Waals surface area (Å²) in [5.74, 6) is 1.12.